The van der Waals surface area contributed by atoms with E-state index in [2.05, 4.69) is 59.7 Å². The van der Waals surface area contributed by atoms with E-state index in [1.54, 1.807) is 35.2 Å². The van der Waals surface area contributed by atoms with Gasteiger partial charge >= 0.3 is 5.97 Å². The Balaban J connectivity index is 1.38. The minimum Gasteiger partial charge on any atom is -0.486 e. The summed E-state index contributed by atoms with van der Waals surface area (Å²) < 4.78 is 16.9. The van der Waals surface area contributed by atoms with Gasteiger partial charge in [-0.25, -0.2) is 9.78 Å². The molecule has 2 heterocycles. The van der Waals surface area contributed by atoms with E-state index >= 15 is 0 Å². The van der Waals surface area contributed by atoms with E-state index in [9.17, 15) is 4.79 Å². The second kappa shape index (κ2) is 12.5. The molecule has 0 radical (unpaired) electrons. The number of benzene rings is 3. The van der Waals surface area contributed by atoms with Crippen LogP contribution in [0.15, 0.2) is 71.6 Å². The average Bonchev–Trinajstić information content (AvgIpc) is 3.40. The van der Waals surface area contributed by atoms with Gasteiger partial charge in [-0.2, -0.15) is 0 Å². The van der Waals surface area contributed by atoms with Crippen LogP contribution in [0.25, 0.3) is 21.7 Å². The fourth-order valence-corrected chi connectivity index (χ4v) is 5.78. The van der Waals surface area contributed by atoms with Gasteiger partial charge < -0.3 is 24.2 Å². The molecule has 0 saturated carbocycles. The Morgan fingerprint density at radius 2 is 1.74 bits per heavy atom. The van der Waals surface area contributed by atoms with Crippen LogP contribution >= 0.6 is 23.1 Å². The zero-order valence-electron chi connectivity index (χ0n) is 21.9. The van der Waals surface area contributed by atoms with Crippen molar-refractivity contribution in [2.24, 2.45) is 0 Å². The second-order valence-electron chi connectivity index (χ2n) is 9.06. The first-order valence-electron chi connectivity index (χ1n) is 12.7. The van der Waals surface area contributed by atoms with E-state index in [0.717, 1.165) is 58.6 Å². The molecule has 0 aliphatic carbocycles. The Kier molecular flexibility index (Phi) is 8.71. The molecule has 1 aliphatic rings. The number of hydrogen-bond acceptors (Lipinski definition) is 8. The monoisotopic (exact) mass is 562 g/mol. The van der Waals surface area contributed by atoms with E-state index in [-0.39, 0.29) is 6.61 Å². The predicted molar refractivity (Wildman–Crippen MR) is 156 cm³/mol. The first kappa shape index (κ1) is 27.1. The van der Waals surface area contributed by atoms with Crippen molar-refractivity contribution in [3.8, 4) is 33.2 Å². The second-order valence-corrected chi connectivity index (χ2v) is 11.0. The number of carbonyl (C=O) groups is 1. The summed E-state index contributed by atoms with van der Waals surface area (Å²) in [6.45, 7) is 5.12. The molecule has 0 atom stereocenters. The van der Waals surface area contributed by atoms with Gasteiger partial charge in [0.25, 0.3) is 0 Å². The fourth-order valence-electron chi connectivity index (χ4n) is 4.37. The van der Waals surface area contributed by atoms with Crippen molar-refractivity contribution in [1.82, 2.24) is 4.98 Å². The van der Waals surface area contributed by atoms with Gasteiger partial charge in [-0.1, -0.05) is 24.3 Å². The summed E-state index contributed by atoms with van der Waals surface area (Å²) in [6.07, 6.45) is 2.07. The van der Waals surface area contributed by atoms with Gasteiger partial charge in [0.1, 0.15) is 23.1 Å². The molecule has 1 aliphatic heterocycles. The molecule has 0 spiro atoms. The SMILES string of the molecule is CSc1ccc(-c2sc(COc3ccc(OCC(=O)O)c(C)c3)nc2-c2ccc(N3CCOCC3)cc2)cc1. The number of aliphatic carboxylic acids is 1. The van der Waals surface area contributed by atoms with Crippen molar-refractivity contribution in [1.29, 1.82) is 0 Å². The van der Waals surface area contributed by atoms with Crippen LogP contribution in [0.3, 0.4) is 0 Å². The maximum absolute atomic E-state index is 10.8. The molecule has 9 heteroatoms. The number of ether oxygens (including phenoxy) is 3. The van der Waals surface area contributed by atoms with Crippen molar-refractivity contribution in [2.45, 2.75) is 18.4 Å². The van der Waals surface area contributed by atoms with E-state index in [1.165, 1.54) is 10.6 Å². The third-order valence-electron chi connectivity index (χ3n) is 6.40. The van der Waals surface area contributed by atoms with E-state index in [0.29, 0.717) is 18.1 Å². The summed E-state index contributed by atoms with van der Waals surface area (Å²) in [5.74, 6) is 0.189. The van der Waals surface area contributed by atoms with Crippen molar-refractivity contribution >= 4 is 34.8 Å². The lowest BCUT2D eigenvalue weighted by Crippen LogP contribution is -2.36. The molecule has 1 fully saturated rings. The van der Waals surface area contributed by atoms with Gasteiger partial charge in [-0.15, -0.1) is 23.1 Å². The molecule has 0 amide bonds. The molecule has 202 valence electrons. The predicted octanol–water partition coefficient (Wildman–Crippen LogP) is 6.39. The smallest absolute Gasteiger partial charge is 0.341 e. The highest BCUT2D eigenvalue weighted by Crippen LogP contribution is 2.38. The van der Waals surface area contributed by atoms with Gasteiger partial charge in [0.15, 0.2) is 6.61 Å². The van der Waals surface area contributed by atoms with Crippen LogP contribution in [0, 0.1) is 6.92 Å². The molecule has 4 aromatic rings. The summed E-state index contributed by atoms with van der Waals surface area (Å²) in [5.41, 5.74) is 5.13. The fraction of sp³-hybridized carbons (Fsp3) is 0.267. The van der Waals surface area contributed by atoms with Gasteiger partial charge in [-0.3, -0.25) is 0 Å². The summed E-state index contributed by atoms with van der Waals surface area (Å²) in [7, 11) is 0. The minimum absolute atomic E-state index is 0.321. The normalized spacial score (nSPS) is 13.3. The number of anilines is 1. The minimum atomic E-state index is -1.01. The van der Waals surface area contributed by atoms with Crippen molar-refractivity contribution in [2.75, 3.05) is 44.1 Å². The zero-order valence-corrected chi connectivity index (χ0v) is 23.5. The Morgan fingerprint density at radius 1 is 1.03 bits per heavy atom. The van der Waals surface area contributed by atoms with Crippen LogP contribution < -0.4 is 14.4 Å². The summed E-state index contributed by atoms with van der Waals surface area (Å²) in [4.78, 5) is 20.5. The molecule has 1 saturated heterocycles. The van der Waals surface area contributed by atoms with Crippen molar-refractivity contribution in [3.63, 3.8) is 0 Å². The molecule has 1 aromatic heterocycles. The van der Waals surface area contributed by atoms with Crippen molar-refractivity contribution in [3.05, 3.63) is 77.3 Å². The van der Waals surface area contributed by atoms with Crippen LogP contribution in [0.2, 0.25) is 0 Å². The number of rotatable bonds is 10. The Morgan fingerprint density at radius 3 is 2.41 bits per heavy atom. The number of aryl methyl sites for hydroxylation is 1. The van der Waals surface area contributed by atoms with Crippen LogP contribution in [0.5, 0.6) is 11.5 Å². The van der Waals surface area contributed by atoms with Crippen LogP contribution in [-0.2, 0) is 16.1 Å². The number of thioether (sulfide) groups is 1. The first-order valence-corrected chi connectivity index (χ1v) is 14.7. The molecule has 7 nitrogen and oxygen atoms in total. The molecule has 39 heavy (non-hydrogen) atoms. The van der Waals surface area contributed by atoms with E-state index in [1.807, 2.05) is 13.0 Å². The van der Waals surface area contributed by atoms with E-state index < -0.39 is 5.97 Å². The summed E-state index contributed by atoms with van der Waals surface area (Å²) in [5, 5.41) is 9.73. The number of carboxylic acid groups (broad SMARTS) is 1. The molecule has 5 rings (SSSR count). The number of morpholine rings is 1. The van der Waals surface area contributed by atoms with Crippen LogP contribution in [-0.4, -0.2) is 55.2 Å². The van der Waals surface area contributed by atoms with Gasteiger partial charge in [0.2, 0.25) is 0 Å². The van der Waals surface area contributed by atoms with E-state index in [4.69, 9.17) is 24.3 Å². The quantitative estimate of drug-likeness (QED) is 0.223. The van der Waals surface area contributed by atoms with Gasteiger partial charge in [0, 0.05) is 29.2 Å². The molecular formula is C30H30N2O5S2. The first-order chi connectivity index (χ1) is 19.0. The lowest BCUT2D eigenvalue weighted by atomic mass is 10.1. The average molecular weight is 563 g/mol. The summed E-state index contributed by atoms with van der Waals surface area (Å²) in [6, 6.07) is 22.5. The number of nitrogens with zero attached hydrogens (tertiary/aromatic N) is 2. The van der Waals surface area contributed by atoms with Crippen molar-refractivity contribution < 1.29 is 24.1 Å². The lowest BCUT2D eigenvalue weighted by Gasteiger charge is -2.28. The molecular weight excluding hydrogens is 532 g/mol. The largest absolute Gasteiger partial charge is 0.486 e. The number of thiazole rings is 1. The highest BCUT2D eigenvalue weighted by molar-refractivity contribution is 7.98. The van der Waals surface area contributed by atoms with Crippen LogP contribution in [0.1, 0.15) is 10.6 Å². The van der Waals surface area contributed by atoms with Gasteiger partial charge in [-0.05, 0) is 66.8 Å². The topological polar surface area (TPSA) is 81.1 Å². The Bertz CT molecular complexity index is 1410. The molecule has 3 aromatic carbocycles. The number of carboxylic acids is 1. The highest BCUT2D eigenvalue weighted by Gasteiger charge is 2.17. The third kappa shape index (κ3) is 6.73. The maximum Gasteiger partial charge on any atom is 0.341 e. The maximum atomic E-state index is 10.8. The molecule has 0 bridgehead atoms. The third-order valence-corrected chi connectivity index (χ3v) is 8.22. The number of aromatic nitrogens is 1. The van der Waals surface area contributed by atoms with Gasteiger partial charge in [0.05, 0.1) is 23.8 Å². The highest BCUT2D eigenvalue weighted by atomic mass is 32.2. The molecule has 0 unspecified atom stereocenters. The molecule has 1 N–H and O–H groups in total. The standard InChI is InChI=1S/C30H30N2O5S2/c1-20-17-24(9-12-26(20)37-19-28(33)34)36-18-27-31-29(30(39-27)22-5-10-25(38-2)11-6-22)21-3-7-23(8-4-21)32-13-15-35-16-14-32/h3-12,17H,13-16,18-19H2,1-2H3,(H,33,34). The zero-order chi connectivity index (χ0) is 27.2. The summed E-state index contributed by atoms with van der Waals surface area (Å²) >= 11 is 3.35. The Hall–Kier alpha value is -3.53. The number of hydrogen-bond donors (Lipinski definition) is 1. The van der Waals surface area contributed by atoms with Crippen LogP contribution in [0.4, 0.5) is 5.69 Å². The lowest BCUT2D eigenvalue weighted by molar-refractivity contribution is -0.139. The Labute approximate surface area is 236 Å².